The third-order valence-corrected chi connectivity index (χ3v) is 3.45. The Morgan fingerprint density at radius 3 is 1.82 bits per heavy atom. The average molecular weight is 294 g/mol. The van der Waals surface area contributed by atoms with Crippen molar-refractivity contribution in [1.82, 2.24) is 0 Å². The summed E-state index contributed by atoms with van der Waals surface area (Å²) >= 11 is 0. The maximum atomic E-state index is 11.4. The van der Waals surface area contributed by atoms with Crippen LogP contribution in [0, 0.1) is 20.2 Å². The van der Waals surface area contributed by atoms with E-state index >= 15 is 0 Å². The molecule has 0 aliphatic heterocycles. The second kappa shape index (κ2) is 5.25. The Balaban J connectivity index is 2.37. The molecule has 0 aliphatic carbocycles. The van der Waals surface area contributed by atoms with Crippen LogP contribution in [0.5, 0.6) is 0 Å². The van der Waals surface area contributed by atoms with Crippen molar-refractivity contribution in [3.05, 3.63) is 80.9 Å². The van der Waals surface area contributed by atoms with Gasteiger partial charge in [-0.2, -0.15) is 0 Å². The van der Waals surface area contributed by atoms with Crippen LogP contribution in [0.1, 0.15) is 0 Å². The number of hydrogen-bond donors (Lipinski definition) is 0. The third-order valence-electron chi connectivity index (χ3n) is 3.45. The summed E-state index contributed by atoms with van der Waals surface area (Å²) in [7, 11) is 0. The van der Waals surface area contributed by atoms with Gasteiger partial charge in [0.05, 0.1) is 21.0 Å². The topological polar surface area (TPSA) is 86.3 Å². The molecule has 0 saturated carbocycles. The molecule has 0 amide bonds. The van der Waals surface area contributed by atoms with E-state index in [1.54, 1.807) is 24.3 Å². The summed E-state index contributed by atoms with van der Waals surface area (Å²) in [4.78, 5) is 21.5. The standard InChI is InChI=1S/C16H10N2O4/c19-17(20)15-8-4-3-7-13(15)14-9-11-5-1-2-6-12(11)10-16(14)18(21)22/h1-10H. The molecule has 6 heteroatoms. The van der Waals surface area contributed by atoms with Gasteiger partial charge < -0.3 is 0 Å². The van der Waals surface area contributed by atoms with Crippen LogP contribution in [0.3, 0.4) is 0 Å². The van der Waals surface area contributed by atoms with Crippen molar-refractivity contribution in [2.24, 2.45) is 0 Å². The van der Waals surface area contributed by atoms with Crippen LogP contribution in [0.25, 0.3) is 21.9 Å². The molecule has 0 bridgehead atoms. The number of hydrogen-bond acceptors (Lipinski definition) is 4. The summed E-state index contributed by atoms with van der Waals surface area (Å²) in [5.41, 5.74) is 0.190. The summed E-state index contributed by atoms with van der Waals surface area (Å²) < 4.78 is 0. The molecule has 0 N–H and O–H groups in total. The minimum absolute atomic E-state index is 0.145. The molecular formula is C16H10N2O4. The van der Waals surface area contributed by atoms with E-state index in [4.69, 9.17) is 0 Å². The fourth-order valence-corrected chi connectivity index (χ4v) is 2.46. The zero-order valence-electron chi connectivity index (χ0n) is 11.3. The van der Waals surface area contributed by atoms with E-state index in [9.17, 15) is 20.2 Å². The van der Waals surface area contributed by atoms with Crippen LogP contribution in [0.4, 0.5) is 11.4 Å². The van der Waals surface area contributed by atoms with Gasteiger partial charge >= 0.3 is 0 Å². The Labute approximate surface area is 124 Å². The smallest absolute Gasteiger partial charge is 0.258 e. The number of nitro groups is 2. The summed E-state index contributed by atoms with van der Waals surface area (Å²) in [6.07, 6.45) is 0. The van der Waals surface area contributed by atoms with Crippen LogP contribution in [-0.4, -0.2) is 9.85 Å². The Hall–Kier alpha value is -3.28. The summed E-state index contributed by atoms with van der Waals surface area (Å²) in [5, 5.41) is 24.0. The first-order chi connectivity index (χ1) is 10.6. The lowest BCUT2D eigenvalue weighted by Crippen LogP contribution is -1.96. The fourth-order valence-electron chi connectivity index (χ4n) is 2.46. The minimum atomic E-state index is -0.533. The largest absolute Gasteiger partial charge is 0.278 e. The molecule has 0 heterocycles. The maximum absolute atomic E-state index is 11.4. The second-order valence-electron chi connectivity index (χ2n) is 4.75. The summed E-state index contributed by atoms with van der Waals surface area (Å²) in [6, 6.07) is 16.3. The molecule has 0 saturated heterocycles. The van der Waals surface area contributed by atoms with E-state index < -0.39 is 9.85 Å². The Bertz CT molecular complexity index is 906. The normalized spacial score (nSPS) is 10.5. The minimum Gasteiger partial charge on any atom is -0.258 e. The number of nitrogens with zero attached hydrogens (tertiary/aromatic N) is 2. The van der Waals surface area contributed by atoms with Crippen LogP contribution in [0.2, 0.25) is 0 Å². The lowest BCUT2D eigenvalue weighted by atomic mass is 9.98. The van der Waals surface area contributed by atoms with Crippen molar-refractivity contribution < 1.29 is 9.85 Å². The highest BCUT2D eigenvalue weighted by Gasteiger charge is 2.23. The average Bonchev–Trinajstić information content (AvgIpc) is 2.53. The molecular weight excluding hydrogens is 284 g/mol. The molecule has 0 radical (unpaired) electrons. The van der Waals surface area contributed by atoms with Crippen LogP contribution < -0.4 is 0 Å². The van der Waals surface area contributed by atoms with E-state index in [2.05, 4.69) is 0 Å². The van der Waals surface area contributed by atoms with Gasteiger partial charge in [-0.3, -0.25) is 20.2 Å². The van der Waals surface area contributed by atoms with Crippen molar-refractivity contribution in [1.29, 1.82) is 0 Å². The van der Waals surface area contributed by atoms with Gasteiger partial charge in [-0.25, -0.2) is 0 Å². The first-order valence-electron chi connectivity index (χ1n) is 6.49. The molecule has 0 unspecified atom stereocenters. The Kier molecular flexibility index (Phi) is 3.27. The quantitative estimate of drug-likeness (QED) is 0.531. The molecule has 3 rings (SSSR count). The summed E-state index contributed by atoms with van der Waals surface area (Å²) in [5.74, 6) is 0. The van der Waals surface area contributed by atoms with E-state index in [1.807, 2.05) is 12.1 Å². The predicted octanol–water partition coefficient (Wildman–Crippen LogP) is 4.32. The lowest BCUT2D eigenvalue weighted by molar-refractivity contribution is -0.386. The van der Waals surface area contributed by atoms with E-state index in [0.717, 1.165) is 10.8 Å². The Morgan fingerprint density at radius 2 is 1.18 bits per heavy atom. The van der Waals surface area contributed by atoms with E-state index in [-0.39, 0.29) is 22.5 Å². The van der Waals surface area contributed by atoms with Gasteiger partial charge in [0.25, 0.3) is 11.4 Å². The number of benzene rings is 3. The van der Waals surface area contributed by atoms with E-state index in [0.29, 0.717) is 0 Å². The van der Waals surface area contributed by atoms with Gasteiger partial charge in [0.2, 0.25) is 0 Å². The van der Waals surface area contributed by atoms with Gasteiger partial charge in [0, 0.05) is 12.1 Å². The zero-order valence-corrected chi connectivity index (χ0v) is 11.3. The molecule has 0 atom stereocenters. The van der Waals surface area contributed by atoms with Crippen LogP contribution >= 0.6 is 0 Å². The highest BCUT2D eigenvalue weighted by atomic mass is 16.6. The SMILES string of the molecule is O=[N+]([O-])c1ccccc1-c1cc2ccccc2cc1[N+](=O)[O-]. The third kappa shape index (κ3) is 2.26. The predicted molar refractivity (Wildman–Crippen MR) is 82.7 cm³/mol. The summed E-state index contributed by atoms with van der Waals surface area (Å²) in [6.45, 7) is 0. The van der Waals surface area contributed by atoms with Crippen molar-refractivity contribution in [3.63, 3.8) is 0 Å². The number of nitro benzene ring substituents is 2. The molecule has 6 nitrogen and oxygen atoms in total. The lowest BCUT2D eigenvalue weighted by Gasteiger charge is -2.06. The number of fused-ring (bicyclic) bond motifs is 1. The van der Waals surface area contributed by atoms with Crippen molar-refractivity contribution >= 4 is 22.1 Å². The number of rotatable bonds is 3. The molecule has 0 spiro atoms. The van der Waals surface area contributed by atoms with Gasteiger partial charge in [-0.05, 0) is 22.9 Å². The molecule has 0 aliphatic rings. The van der Waals surface area contributed by atoms with Gasteiger partial charge in [-0.1, -0.05) is 36.4 Å². The fraction of sp³-hybridized carbons (Fsp3) is 0. The molecule has 22 heavy (non-hydrogen) atoms. The van der Waals surface area contributed by atoms with Gasteiger partial charge in [0.15, 0.2) is 0 Å². The van der Waals surface area contributed by atoms with Crippen molar-refractivity contribution in [2.75, 3.05) is 0 Å². The highest BCUT2D eigenvalue weighted by molar-refractivity contribution is 5.93. The van der Waals surface area contributed by atoms with Crippen LogP contribution in [-0.2, 0) is 0 Å². The molecule has 3 aromatic carbocycles. The first kappa shape index (κ1) is 13.7. The maximum Gasteiger partial charge on any atom is 0.278 e. The highest BCUT2D eigenvalue weighted by Crippen LogP contribution is 2.38. The molecule has 3 aromatic rings. The van der Waals surface area contributed by atoms with Crippen molar-refractivity contribution in [2.45, 2.75) is 0 Å². The van der Waals surface area contributed by atoms with Gasteiger partial charge in [-0.15, -0.1) is 0 Å². The molecule has 0 fully saturated rings. The number of para-hydroxylation sites is 1. The molecule has 108 valence electrons. The zero-order chi connectivity index (χ0) is 15.7. The molecule has 0 aromatic heterocycles. The first-order valence-corrected chi connectivity index (χ1v) is 6.49. The van der Waals surface area contributed by atoms with Gasteiger partial charge in [0.1, 0.15) is 0 Å². The van der Waals surface area contributed by atoms with Crippen LogP contribution in [0.15, 0.2) is 60.7 Å². The van der Waals surface area contributed by atoms with E-state index in [1.165, 1.54) is 24.3 Å². The Morgan fingerprint density at radius 1 is 0.636 bits per heavy atom. The monoisotopic (exact) mass is 294 g/mol. The van der Waals surface area contributed by atoms with Crippen molar-refractivity contribution in [3.8, 4) is 11.1 Å². The second-order valence-corrected chi connectivity index (χ2v) is 4.75.